The van der Waals surface area contributed by atoms with Crippen LogP contribution in [0.5, 0.6) is 0 Å². The molecule has 0 N–H and O–H groups in total. The fourth-order valence-corrected chi connectivity index (χ4v) is 5.19. The van der Waals surface area contributed by atoms with Crippen molar-refractivity contribution in [2.24, 2.45) is 0 Å². The molecule has 2 rings (SSSR count). The maximum absolute atomic E-state index is 12.7. The lowest BCUT2D eigenvalue weighted by atomic mass is 10.1. The number of esters is 1. The summed E-state index contributed by atoms with van der Waals surface area (Å²) >= 11 is 1.32. The molecule has 0 amide bonds. The van der Waals surface area contributed by atoms with Crippen LogP contribution < -0.4 is 0 Å². The SMILES string of the molecule is COC(=O)CS[C@H]1CCN(S(=O)(=O)Cc2cccc(C(F)(F)F)c2)C1. The lowest BCUT2D eigenvalue weighted by Crippen LogP contribution is -2.30. The van der Waals surface area contributed by atoms with Crippen LogP contribution in [-0.2, 0) is 31.5 Å². The van der Waals surface area contributed by atoms with Gasteiger partial charge in [-0.2, -0.15) is 13.2 Å². The van der Waals surface area contributed by atoms with Crippen LogP contribution in [0.4, 0.5) is 13.2 Å². The normalized spacial score (nSPS) is 19.1. The molecule has 25 heavy (non-hydrogen) atoms. The number of halogens is 3. The van der Waals surface area contributed by atoms with Crippen molar-refractivity contribution in [2.75, 3.05) is 26.0 Å². The number of carbonyl (C=O) groups excluding carboxylic acids is 1. The zero-order valence-corrected chi connectivity index (χ0v) is 15.1. The molecule has 0 saturated carbocycles. The molecule has 0 aromatic heterocycles. The number of hydrogen-bond acceptors (Lipinski definition) is 5. The number of carbonyl (C=O) groups is 1. The molecule has 0 spiro atoms. The monoisotopic (exact) mass is 397 g/mol. The van der Waals surface area contributed by atoms with E-state index in [1.54, 1.807) is 0 Å². The number of thioether (sulfide) groups is 1. The highest BCUT2D eigenvalue weighted by Crippen LogP contribution is 2.31. The minimum absolute atomic E-state index is 0.0321. The molecule has 140 valence electrons. The first kappa shape index (κ1) is 20.1. The van der Waals surface area contributed by atoms with Gasteiger partial charge in [-0.1, -0.05) is 18.2 Å². The Morgan fingerprint density at radius 1 is 1.40 bits per heavy atom. The van der Waals surface area contributed by atoms with Gasteiger partial charge in [0.05, 0.1) is 24.2 Å². The molecular weight excluding hydrogens is 379 g/mol. The van der Waals surface area contributed by atoms with Crippen molar-refractivity contribution >= 4 is 27.8 Å². The third kappa shape index (κ3) is 5.61. The van der Waals surface area contributed by atoms with Gasteiger partial charge in [0.15, 0.2) is 0 Å². The largest absolute Gasteiger partial charge is 0.468 e. The average Bonchev–Trinajstić information content (AvgIpc) is 3.01. The first-order chi connectivity index (χ1) is 11.6. The Bertz CT molecular complexity index is 722. The highest BCUT2D eigenvalue weighted by Gasteiger charge is 2.33. The summed E-state index contributed by atoms with van der Waals surface area (Å²) < 4.78 is 68.9. The van der Waals surface area contributed by atoms with E-state index in [1.165, 1.54) is 35.3 Å². The van der Waals surface area contributed by atoms with Gasteiger partial charge in [-0.05, 0) is 18.1 Å². The molecule has 10 heteroatoms. The fourth-order valence-electron chi connectivity index (χ4n) is 2.47. The lowest BCUT2D eigenvalue weighted by molar-refractivity contribution is -0.138. The van der Waals surface area contributed by atoms with Crippen LogP contribution in [0.3, 0.4) is 0 Å². The summed E-state index contributed by atoms with van der Waals surface area (Å²) in [6.07, 6.45) is -3.92. The van der Waals surface area contributed by atoms with E-state index in [0.29, 0.717) is 13.0 Å². The minimum Gasteiger partial charge on any atom is -0.468 e. The van der Waals surface area contributed by atoms with Gasteiger partial charge in [0, 0.05) is 18.3 Å². The Balaban J connectivity index is 1.99. The molecule has 1 aliphatic rings. The molecular formula is C15H18F3NO4S2. The van der Waals surface area contributed by atoms with E-state index in [0.717, 1.165) is 12.1 Å². The second kappa shape index (κ2) is 7.96. The molecule has 1 saturated heterocycles. The van der Waals surface area contributed by atoms with Crippen LogP contribution in [0.25, 0.3) is 0 Å². The molecule has 0 bridgehead atoms. The highest BCUT2D eigenvalue weighted by atomic mass is 32.2. The van der Waals surface area contributed by atoms with E-state index >= 15 is 0 Å². The van der Waals surface area contributed by atoms with Crippen molar-refractivity contribution in [3.8, 4) is 0 Å². The van der Waals surface area contributed by atoms with Gasteiger partial charge in [-0.3, -0.25) is 4.79 Å². The van der Waals surface area contributed by atoms with Crippen LogP contribution in [0.2, 0.25) is 0 Å². The van der Waals surface area contributed by atoms with Crippen LogP contribution in [0.1, 0.15) is 17.5 Å². The van der Waals surface area contributed by atoms with Crippen molar-refractivity contribution in [1.82, 2.24) is 4.31 Å². The highest BCUT2D eigenvalue weighted by molar-refractivity contribution is 8.00. The van der Waals surface area contributed by atoms with Gasteiger partial charge in [-0.25, -0.2) is 12.7 Å². The van der Waals surface area contributed by atoms with Crippen molar-refractivity contribution in [1.29, 1.82) is 0 Å². The molecule has 0 unspecified atom stereocenters. The standard InChI is InChI=1S/C15H18F3NO4S2/c1-23-14(20)9-24-13-5-6-19(8-13)25(21,22)10-11-3-2-4-12(7-11)15(16,17)18/h2-4,7,13H,5-6,8-10H2,1H3/t13-/m0/s1. The molecule has 1 aromatic rings. The summed E-state index contributed by atoms with van der Waals surface area (Å²) in [5.74, 6) is -0.719. The predicted octanol–water partition coefficient (Wildman–Crippen LogP) is 2.52. The summed E-state index contributed by atoms with van der Waals surface area (Å²) in [7, 11) is -2.43. The van der Waals surface area contributed by atoms with Crippen molar-refractivity contribution in [2.45, 2.75) is 23.6 Å². The molecule has 0 aliphatic carbocycles. The second-order valence-corrected chi connectivity index (χ2v) is 8.87. The summed E-state index contributed by atoms with van der Waals surface area (Å²) in [4.78, 5) is 11.1. The number of sulfonamides is 1. The second-order valence-electron chi connectivity index (χ2n) is 5.61. The summed E-state index contributed by atoms with van der Waals surface area (Å²) in [5.41, 5.74) is -0.770. The Morgan fingerprint density at radius 2 is 2.12 bits per heavy atom. The minimum atomic E-state index is -4.51. The third-order valence-electron chi connectivity index (χ3n) is 3.77. The third-order valence-corrected chi connectivity index (χ3v) is 6.84. The molecule has 0 radical (unpaired) electrons. The molecule has 1 fully saturated rings. The number of ether oxygens (including phenoxy) is 1. The Kier molecular flexibility index (Phi) is 6.39. The van der Waals surface area contributed by atoms with Gasteiger partial charge in [-0.15, -0.1) is 11.8 Å². The summed E-state index contributed by atoms with van der Waals surface area (Å²) in [5, 5.41) is -0.0321. The fraction of sp³-hybridized carbons (Fsp3) is 0.533. The van der Waals surface area contributed by atoms with E-state index in [9.17, 15) is 26.4 Å². The van der Waals surface area contributed by atoms with Gasteiger partial charge in [0.1, 0.15) is 0 Å². The quantitative estimate of drug-likeness (QED) is 0.691. The van der Waals surface area contributed by atoms with Crippen LogP contribution >= 0.6 is 11.8 Å². The van der Waals surface area contributed by atoms with Crippen LogP contribution in [0, 0.1) is 0 Å². The van der Waals surface area contributed by atoms with E-state index in [2.05, 4.69) is 4.74 Å². The maximum atomic E-state index is 12.7. The van der Waals surface area contributed by atoms with Gasteiger partial charge >= 0.3 is 12.1 Å². The van der Waals surface area contributed by atoms with Crippen molar-refractivity contribution in [3.05, 3.63) is 35.4 Å². The van der Waals surface area contributed by atoms with E-state index in [4.69, 9.17) is 0 Å². The van der Waals surface area contributed by atoms with E-state index in [1.807, 2.05) is 0 Å². The number of rotatable bonds is 6. The van der Waals surface area contributed by atoms with Crippen LogP contribution in [-0.4, -0.2) is 49.9 Å². The number of nitrogens with zero attached hydrogens (tertiary/aromatic N) is 1. The van der Waals surface area contributed by atoms with Gasteiger partial charge in [0.2, 0.25) is 10.0 Å². The topological polar surface area (TPSA) is 63.7 Å². The van der Waals surface area contributed by atoms with Gasteiger partial charge < -0.3 is 4.74 Å². The Labute approximate surface area is 148 Å². The van der Waals surface area contributed by atoms with E-state index in [-0.39, 0.29) is 29.1 Å². The van der Waals surface area contributed by atoms with Crippen LogP contribution in [0.15, 0.2) is 24.3 Å². The van der Waals surface area contributed by atoms with Crippen molar-refractivity contribution < 1.29 is 31.1 Å². The van der Waals surface area contributed by atoms with Crippen molar-refractivity contribution in [3.63, 3.8) is 0 Å². The Hall–Kier alpha value is -1.26. The zero-order chi connectivity index (χ0) is 18.7. The molecule has 1 heterocycles. The average molecular weight is 397 g/mol. The molecule has 1 aromatic carbocycles. The number of methoxy groups -OCH3 is 1. The summed E-state index contributed by atoms with van der Waals surface area (Å²) in [6, 6.07) is 4.33. The molecule has 1 atom stereocenters. The molecule has 1 aliphatic heterocycles. The zero-order valence-electron chi connectivity index (χ0n) is 13.5. The van der Waals surface area contributed by atoms with E-state index < -0.39 is 27.5 Å². The Morgan fingerprint density at radius 3 is 2.76 bits per heavy atom. The number of hydrogen-bond donors (Lipinski definition) is 0. The number of benzene rings is 1. The lowest BCUT2D eigenvalue weighted by Gasteiger charge is -2.17. The number of alkyl halides is 3. The smallest absolute Gasteiger partial charge is 0.416 e. The predicted molar refractivity (Wildman–Crippen MR) is 88.5 cm³/mol. The summed E-state index contributed by atoms with van der Waals surface area (Å²) in [6.45, 7) is 0.531. The maximum Gasteiger partial charge on any atom is 0.416 e. The first-order valence-electron chi connectivity index (χ1n) is 7.44. The molecule has 5 nitrogen and oxygen atoms in total. The first-order valence-corrected chi connectivity index (χ1v) is 10.1. The van der Waals surface area contributed by atoms with Gasteiger partial charge in [0.25, 0.3) is 0 Å².